The van der Waals surface area contributed by atoms with E-state index in [-0.39, 0.29) is 4.49 Å². The fourth-order valence-electron chi connectivity index (χ4n) is 0.627. The first kappa shape index (κ1) is 8.34. The van der Waals surface area contributed by atoms with E-state index in [1.165, 1.54) is 0 Å². The van der Waals surface area contributed by atoms with E-state index in [0.29, 0.717) is 12.7 Å². The minimum absolute atomic E-state index is 0.271. The van der Waals surface area contributed by atoms with Gasteiger partial charge in [-0.25, -0.2) is 0 Å². The van der Waals surface area contributed by atoms with Crippen LogP contribution in [0.4, 0.5) is 0 Å². The van der Waals surface area contributed by atoms with Crippen LogP contribution in [-0.4, -0.2) is 25.8 Å². The van der Waals surface area contributed by atoms with E-state index in [1.54, 1.807) is 6.08 Å². The van der Waals surface area contributed by atoms with Crippen LogP contribution in [0.3, 0.4) is 0 Å². The summed E-state index contributed by atoms with van der Waals surface area (Å²) in [6.07, 6.45) is 1.99. The molecule has 0 aliphatic carbocycles. The number of halogens is 2. The van der Waals surface area contributed by atoms with Gasteiger partial charge < -0.3 is 10.1 Å². The predicted molar refractivity (Wildman–Crippen MR) is 42.4 cm³/mol. The molecule has 1 aliphatic rings. The van der Waals surface area contributed by atoms with Crippen LogP contribution in [-0.2, 0) is 4.74 Å². The van der Waals surface area contributed by atoms with Crippen LogP contribution in [0.5, 0.6) is 0 Å². The molecule has 1 saturated heterocycles. The molecule has 0 aromatic carbocycles. The second-order valence-corrected chi connectivity index (χ2v) is 3.12. The summed E-state index contributed by atoms with van der Waals surface area (Å²) in [4.78, 5) is 0. The molecular weight excluding hydrogens is 173 g/mol. The van der Waals surface area contributed by atoms with E-state index in [4.69, 9.17) is 27.9 Å². The van der Waals surface area contributed by atoms with Crippen molar-refractivity contribution in [3.8, 4) is 0 Å². The molecule has 1 N–H and O–H groups in total. The highest BCUT2D eigenvalue weighted by Crippen LogP contribution is 2.06. The Morgan fingerprint density at radius 2 is 2.30 bits per heavy atom. The monoisotopic (exact) mass is 181 g/mol. The Balaban J connectivity index is 1.99. The van der Waals surface area contributed by atoms with Crippen molar-refractivity contribution >= 4 is 23.2 Å². The molecule has 0 bridgehead atoms. The summed E-state index contributed by atoms with van der Waals surface area (Å²) in [5.41, 5.74) is 0. The van der Waals surface area contributed by atoms with E-state index in [1.807, 2.05) is 0 Å². The van der Waals surface area contributed by atoms with Gasteiger partial charge in [0.05, 0.1) is 12.7 Å². The second-order valence-electron chi connectivity index (χ2n) is 2.11. The minimum Gasteiger partial charge on any atom is -0.371 e. The Hall–Kier alpha value is 0.240. The Morgan fingerprint density at radius 3 is 2.70 bits per heavy atom. The lowest BCUT2D eigenvalue weighted by Crippen LogP contribution is -2.48. The molecule has 10 heavy (non-hydrogen) atoms. The number of rotatable bonds is 3. The molecule has 0 atom stereocenters. The third kappa shape index (κ3) is 2.88. The van der Waals surface area contributed by atoms with Crippen molar-refractivity contribution in [1.29, 1.82) is 0 Å². The standard InChI is InChI=1S/C6H9Cl2NO/c7-6(8)1-2-10-5-3-9-4-5/h1,5,9H,2-4H2. The van der Waals surface area contributed by atoms with Gasteiger partial charge in [0.1, 0.15) is 4.49 Å². The highest BCUT2D eigenvalue weighted by molar-refractivity contribution is 6.55. The lowest BCUT2D eigenvalue weighted by atomic mass is 10.2. The molecule has 0 aromatic rings. The van der Waals surface area contributed by atoms with Gasteiger partial charge >= 0.3 is 0 Å². The summed E-state index contributed by atoms with van der Waals surface area (Å²) in [6, 6.07) is 0. The quantitative estimate of drug-likeness (QED) is 0.710. The fraction of sp³-hybridized carbons (Fsp3) is 0.667. The summed E-state index contributed by atoms with van der Waals surface area (Å²) in [5.74, 6) is 0. The largest absolute Gasteiger partial charge is 0.371 e. The van der Waals surface area contributed by atoms with Crippen LogP contribution in [0, 0.1) is 0 Å². The molecular formula is C6H9Cl2NO. The first-order chi connectivity index (χ1) is 4.79. The molecule has 0 spiro atoms. The zero-order valence-electron chi connectivity index (χ0n) is 5.44. The number of nitrogens with one attached hydrogen (secondary N) is 1. The molecule has 0 saturated carbocycles. The van der Waals surface area contributed by atoms with Crippen LogP contribution < -0.4 is 5.32 Å². The third-order valence-electron chi connectivity index (χ3n) is 1.31. The van der Waals surface area contributed by atoms with E-state index in [0.717, 1.165) is 13.1 Å². The van der Waals surface area contributed by atoms with Gasteiger partial charge in [-0.2, -0.15) is 0 Å². The SMILES string of the molecule is ClC(Cl)=CCOC1CNC1. The second kappa shape index (κ2) is 4.19. The van der Waals surface area contributed by atoms with Gasteiger partial charge in [-0.15, -0.1) is 0 Å². The molecule has 1 rings (SSSR count). The zero-order chi connectivity index (χ0) is 7.40. The van der Waals surface area contributed by atoms with Crippen LogP contribution in [0.25, 0.3) is 0 Å². The normalized spacial score (nSPS) is 18.2. The molecule has 0 aromatic heterocycles. The molecule has 1 aliphatic heterocycles. The van der Waals surface area contributed by atoms with Crippen molar-refractivity contribution in [3.05, 3.63) is 10.6 Å². The fourth-order valence-corrected chi connectivity index (χ4v) is 0.753. The molecule has 58 valence electrons. The van der Waals surface area contributed by atoms with Crippen LogP contribution in [0.1, 0.15) is 0 Å². The zero-order valence-corrected chi connectivity index (χ0v) is 6.95. The van der Waals surface area contributed by atoms with Gasteiger partial charge in [-0.1, -0.05) is 23.2 Å². The van der Waals surface area contributed by atoms with Gasteiger partial charge in [0.25, 0.3) is 0 Å². The highest BCUT2D eigenvalue weighted by atomic mass is 35.5. The first-order valence-corrected chi connectivity index (χ1v) is 3.88. The van der Waals surface area contributed by atoms with E-state index in [9.17, 15) is 0 Å². The number of ether oxygens (including phenoxy) is 1. The molecule has 0 amide bonds. The number of hydrogen-bond donors (Lipinski definition) is 1. The molecule has 2 nitrogen and oxygen atoms in total. The van der Waals surface area contributed by atoms with E-state index >= 15 is 0 Å². The lowest BCUT2D eigenvalue weighted by molar-refractivity contribution is 0.0364. The average molecular weight is 182 g/mol. The molecule has 1 fully saturated rings. The van der Waals surface area contributed by atoms with Crippen molar-refractivity contribution in [3.63, 3.8) is 0 Å². The van der Waals surface area contributed by atoms with Crippen LogP contribution in [0.2, 0.25) is 0 Å². The van der Waals surface area contributed by atoms with Gasteiger partial charge in [-0.3, -0.25) is 0 Å². The van der Waals surface area contributed by atoms with Crippen molar-refractivity contribution in [2.24, 2.45) is 0 Å². The summed E-state index contributed by atoms with van der Waals surface area (Å²) >= 11 is 10.7. The predicted octanol–water partition coefficient (Wildman–Crippen LogP) is 1.29. The topological polar surface area (TPSA) is 21.3 Å². The van der Waals surface area contributed by atoms with Crippen molar-refractivity contribution in [2.45, 2.75) is 6.10 Å². The van der Waals surface area contributed by atoms with Gasteiger partial charge in [0.2, 0.25) is 0 Å². The maximum atomic E-state index is 5.35. The molecule has 0 radical (unpaired) electrons. The van der Waals surface area contributed by atoms with Gasteiger partial charge in [0, 0.05) is 13.1 Å². The minimum atomic E-state index is 0.271. The van der Waals surface area contributed by atoms with E-state index < -0.39 is 0 Å². The van der Waals surface area contributed by atoms with Crippen molar-refractivity contribution in [2.75, 3.05) is 19.7 Å². The first-order valence-electron chi connectivity index (χ1n) is 3.12. The molecule has 4 heteroatoms. The van der Waals surface area contributed by atoms with Crippen molar-refractivity contribution < 1.29 is 4.74 Å². The Kier molecular flexibility index (Phi) is 3.49. The highest BCUT2D eigenvalue weighted by Gasteiger charge is 2.15. The maximum absolute atomic E-state index is 5.35. The summed E-state index contributed by atoms with van der Waals surface area (Å²) in [7, 11) is 0. The van der Waals surface area contributed by atoms with Gasteiger partial charge in [0.15, 0.2) is 0 Å². The Morgan fingerprint density at radius 1 is 1.60 bits per heavy atom. The maximum Gasteiger partial charge on any atom is 0.105 e. The lowest BCUT2D eigenvalue weighted by Gasteiger charge is -2.26. The summed E-state index contributed by atoms with van der Waals surface area (Å²) < 4.78 is 5.55. The summed E-state index contributed by atoms with van der Waals surface area (Å²) in [6.45, 7) is 2.39. The smallest absolute Gasteiger partial charge is 0.105 e. The number of hydrogen-bond acceptors (Lipinski definition) is 2. The van der Waals surface area contributed by atoms with E-state index in [2.05, 4.69) is 5.32 Å². The molecule has 1 heterocycles. The van der Waals surface area contributed by atoms with Gasteiger partial charge in [-0.05, 0) is 6.08 Å². The third-order valence-corrected chi connectivity index (χ3v) is 1.62. The molecule has 0 unspecified atom stereocenters. The average Bonchev–Trinajstić information content (AvgIpc) is 1.75. The van der Waals surface area contributed by atoms with Crippen molar-refractivity contribution in [1.82, 2.24) is 5.32 Å². The van der Waals surface area contributed by atoms with Crippen LogP contribution in [0.15, 0.2) is 10.6 Å². The summed E-state index contributed by atoms with van der Waals surface area (Å²) in [5, 5.41) is 3.09. The Labute approximate surface area is 70.1 Å². The van der Waals surface area contributed by atoms with Crippen LogP contribution >= 0.6 is 23.2 Å². The Bertz CT molecular complexity index is 130.